The standard InChI is InChI=1S/C15H20F2N2O3/c16-11-2-1-3-12(17)14(11)13(20)8-19-15(21)18-6-7-22-9-10-4-5-10/h1-3,10,13,20H,4-9H2,(H2,18,19,21). The Morgan fingerprint density at radius 1 is 1.32 bits per heavy atom. The summed E-state index contributed by atoms with van der Waals surface area (Å²) in [7, 11) is 0. The van der Waals surface area contributed by atoms with E-state index in [0.717, 1.165) is 12.1 Å². The molecule has 122 valence electrons. The van der Waals surface area contributed by atoms with E-state index in [0.29, 0.717) is 25.7 Å². The van der Waals surface area contributed by atoms with Crippen LogP contribution in [0.1, 0.15) is 24.5 Å². The van der Waals surface area contributed by atoms with E-state index in [-0.39, 0.29) is 6.54 Å². The third-order valence-corrected chi connectivity index (χ3v) is 3.37. The van der Waals surface area contributed by atoms with Crippen molar-refractivity contribution < 1.29 is 23.4 Å². The number of urea groups is 1. The summed E-state index contributed by atoms with van der Waals surface area (Å²) in [6.07, 6.45) is 0.967. The van der Waals surface area contributed by atoms with Crippen LogP contribution < -0.4 is 10.6 Å². The Kier molecular flexibility index (Phi) is 6.09. The van der Waals surface area contributed by atoms with Crippen molar-refractivity contribution in [1.82, 2.24) is 10.6 Å². The number of amides is 2. The molecule has 7 heteroatoms. The fraction of sp³-hybridized carbons (Fsp3) is 0.533. The van der Waals surface area contributed by atoms with Crippen LogP contribution >= 0.6 is 0 Å². The molecule has 5 nitrogen and oxygen atoms in total. The molecule has 0 saturated heterocycles. The molecule has 0 radical (unpaired) electrons. The lowest BCUT2D eigenvalue weighted by Gasteiger charge is -2.14. The molecule has 1 unspecified atom stereocenters. The Morgan fingerprint density at radius 3 is 2.64 bits per heavy atom. The third-order valence-electron chi connectivity index (χ3n) is 3.37. The average molecular weight is 314 g/mol. The summed E-state index contributed by atoms with van der Waals surface area (Å²) in [6.45, 7) is 1.18. The lowest BCUT2D eigenvalue weighted by Crippen LogP contribution is -2.39. The summed E-state index contributed by atoms with van der Waals surface area (Å²) in [5.41, 5.74) is -0.449. The molecule has 1 aliphatic rings. The minimum atomic E-state index is -1.45. The summed E-state index contributed by atoms with van der Waals surface area (Å²) < 4.78 is 32.2. The zero-order chi connectivity index (χ0) is 15.9. The molecule has 1 fully saturated rings. The van der Waals surface area contributed by atoms with Crippen LogP contribution in [0.4, 0.5) is 13.6 Å². The van der Waals surface area contributed by atoms with E-state index in [1.54, 1.807) is 0 Å². The zero-order valence-corrected chi connectivity index (χ0v) is 12.1. The highest BCUT2D eigenvalue weighted by molar-refractivity contribution is 5.73. The smallest absolute Gasteiger partial charge is 0.314 e. The van der Waals surface area contributed by atoms with Crippen molar-refractivity contribution in [2.24, 2.45) is 5.92 Å². The molecule has 22 heavy (non-hydrogen) atoms. The fourth-order valence-corrected chi connectivity index (χ4v) is 1.95. The molecule has 0 heterocycles. The number of nitrogens with one attached hydrogen (secondary N) is 2. The molecule has 1 aromatic rings. The van der Waals surface area contributed by atoms with Gasteiger partial charge in [-0.05, 0) is 30.9 Å². The van der Waals surface area contributed by atoms with Crippen molar-refractivity contribution in [3.8, 4) is 0 Å². The van der Waals surface area contributed by atoms with Crippen LogP contribution in [-0.2, 0) is 4.74 Å². The number of halogens is 2. The Balaban J connectivity index is 1.64. The van der Waals surface area contributed by atoms with Gasteiger partial charge in [-0.1, -0.05) is 6.07 Å². The van der Waals surface area contributed by atoms with Gasteiger partial charge >= 0.3 is 6.03 Å². The topological polar surface area (TPSA) is 70.6 Å². The van der Waals surface area contributed by atoms with Crippen molar-refractivity contribution in [1.29, 1.82) is 0 Å². The lowest BCUT2D eigenvalue weighted by atomic mass is 10.1. The molecule has 1 aromatic carbocycles. The molecule has 2 amide bonds. The summed E-state index contributed by atoms with van der Waals surface area (Å²) >= 11 is 0. The highest BCUT2D eigenvalue weighted by atomic mass is 19.1. The van der Waals surface area contributed by atoms with E-state index in [4.69, 9.17) is 4.74 Å². The predicted octanol–water partition coefficient (Wildman–Crippen LogP) is 1.72. The lowest BCUT2D eigenvalue weighted by molar-refractivity contribution is 0.126. The molecule has 1 saturated carbocycles. The average Bonchev–Trinajstić information content (AvgIpc) is 3.29. The first-order valence-electron chi connectivity index (χ1n) is 7.29. The van der Waals surface area contributed by atoms with Crippen LogP contribution in [0.25, 0.3) is 0 Å². The maximum absolute atomic E-state index is 13.4. The van der Waals surface area contributed by atoms with Crippen LogP contribution in [-0.4, -0.2) is 37.4 Å². The summed E-state index contributed by atoms with van der Waals surface area (Å²) in [5, 5.41) is 14.7. The first-order valence-corrected chi connectivity index (χ1v) is 7.29. The molecule has 0 aliphatic heterocycles. The molecule has 0 bridgehead atoms. The largest absolute Gasteiger partial charge is 0.386 e. The van der Waals surface area contributed by atoms with Crippen LogP contribution in [0, 0.1) is 17.6 Å². The van der Waals surface area contributed by atoms with Gasteiger partial charge < -0.3 is 20.5 Å². The van der Waals surface area contributed by atoms with Gasteiger partial charge in [0.25, 0.3) is 0 Å². The first kappa shape index (κ1) is 16.6. The number of rotatable bonds is 8. The number of carbonyl (C=O) groups excluding carboxylic acids is 1. The third kappa shape index (κ3) is 5.23. The van der Waals surface area contributed by atoms with Crippen LogP contribution in [0.3, 0.4) is 0 Å². The Morgan fingerprint density at radius 2 is 2.00 bits per heavy atom. The van der Waals surface area contributed by atoms with Gasteiger partial charge in [0.05, 0.1) is 12.2 Å². The number of ether oxygens (including phenoxy) is 1. The number of benzene rings is 1. The number of aliphatic hydroxyl groups is 1. The Hall–Kier alpha value is -1.73. The first-order chi connectivity index (χ1) is 10.6. The maximum Gasteiger partial charge on any atom is 0.314 e. The summed E-state index contributed by atoms with van der Waals surface area (Å²) in [4.78, 5) is 11.5. The highest BCUT2D eigenvalue weighted by Crippen LogP contribution is 2.28. The molecule has 1 aliphatic carbocycles. The second-order valence-corrected chi connectivity index (χ2v) is 5.31. The molecule has 2 rings (SSSR count). The second kappa shape index (κ2) is 8.05. The minimum Gasteiger partial charge on any atom is -0.386 e. The van der Waals surface area contributed by atoms with Crippen molar-refractivity contribution in [2.75, 3.05) is 26.3 Å². The highest BCUT2D eigenvalue weighted by Gasteiger charge is 2.21. The van der Waals surface area contributed by atoms with E-state index < -0.39 is 29.3 Å². The van der Waals surface area contributed by atoms with Gasteiger partial charge in [-0.3, -0.25) is 0 Å². The van der Waals surface area contributed by atoms with Crippen molar-refractivity contribution in [2.45, 2.75) is 18.9 Å². The van der Waals surface area contributed by atoms with Crippen molar-refractivity contribution in [3.05, 3.63) is 35.4 Å². The van der Waals surface area contributed by atoms with Gasteiger partial charge in [-0.15, -0.1) is 0 Å². The summed E-state index contributed by atoms with van der Waals surface area (Å²) in [5.74, 6) is -1.02. The second-order valence-electron chi connectivity index (χ2n) is 5.31. The van der Waals surface area contributed by atoms with E-state index in [1.807, 2.05) is 0 Å². The Labute approximate surface area is 127 Å². The van der Waals surface area contributed by atoms with Gasteiger partial charge in [0.1, 0.15) is 17.7 Å². The molecule has 1 atom stereocenters. The van der Waals surface area contributed by atoms with Crippen LogP contribution in [0.15, 0.2) is 18.2 Å². The van der Waals surface area contributed by atoms with E-state index in [1.165, 1.54) is 18.9 Å². The predicted molar refractivity (Wildman–Crippen MR) is 76.3 cm³/mol. The van der Waals surface area contributed by atoms with Crippen molar-refractivity contribution >= 4 is 6.03 Å². The molecule has 0 aromatic heterocycles. The summed E-state index contributed by atoms with van der Waals surface area (Å²) in [6, 6.07) is 2.80. The van der Waals surface area contributed by atoms with E-state index >= 15 is 0 Å². The minimum absolute atomic E-state index is 0.285. The molecule has 3 N–H and O–H groups in total. The normalized spacial score (nSPS) is 15.4. The number of hydrogen-bond acceptors (Lipinski definition) is 3. The van der Waals surface area contributed by atoms with Gasteiger partial charge in [-0.2, -0.15) is 0 Å². The quantitative estimate of drug-likeness (QED) is 0.640. The van der Waals surface area contributed by atoms with Crippen molar-refractivity contribution in [3.63, 3.8) is 0 Å². The number of hydrogen-bond donors (Lipinski definition) is 3. The van der Waals surface area contributed by atoms with E-state index in [9.17, 15) is 18.7 Å². The monoisotopic (exact) mass is 314 g/mol. The molecular weight excluding hydrogens is 294 g/mol. The molecular formula is C15H20F2N2O3. The van der Waals surface area contributed by atoms with E-state index in [2.05, 4.69) is 10.6 Å². The SMILES string of the molecule is O=C(NCCOCC1CC1)NCC(O)c1c(F)cccc1F. The van der Waals surface area contributed by atoms with Gasteiger partial charge in [0, 0.05) is 19.7 Å². The van der Waals surface area contributed by atoms with Crippen LogP contribution in [0.5, 0.6) is 0 Å². The van der Waals surface area contributed by atoms with Crippen LogP contribution in [0.2, 0.25) is 0 Å². The Bertz CT molecular complexity index is 489. The zero-order valence-electron chi connectivity index (χ0n) is 12.1. The van der Waals surface area contributed by atoms with Gasteiger partial charge in [-0.25, -0.2) is 13.6 Å². The number of carbonyl (C=O) groups is 1. The fourth-order valence-electron chi connectivity index (χ4n) is 1.95. The molecule has 0 spiro atoms. The number of aliphatic hydroxyl groups excluding tert-OH is 1. The maximum atomic E-state index is 13.4. The van der Waals surface area contributed by atoms with Gasteiger partial charge in [0.2, 0.25) is 0 Å². The van der Waals surface area contributed by atoms with Gasteiger partial charge in [0.15, 0.2) is 0 Å².